The van der Waals surface area contributed by atoms with Gasteiger partial charge in [-0.05, 0) is 25.0 Å². The molecule has 0 radical (unpaired) electrons. The summed E-state index contributed by atoms with van der Waals surface area (Å²) in [5.41, 5.74) is 8.30. The van der Waals surface area contributed by atoms with Crippen molar-refractivity contribution in [1.82, 2.24) is 0 Å². The molecule has 2 N–H and O–H groups in total. The van der Waals surface area contributed by atoms with E-state index in [1.807, 2.05) is 13.0 Å². The van der Waals surface area contributed by atoms with Gasteiger partial charge in [0, 0.05) is 11.6 Å². The molecule has 2 heterocycles. The van der Waals surface area contributed by atoms with Crippen LogP contribution in [0, 0.1) is 0 Å². The molecule has 0 aliphatic carbocycles. The molecule has 0 amide bonds. The lowest BCUT2D eigenvalue weighted by molar-refractivity contribution is 0.0263. The minimum Gasteiger partial charge on any atom is -0.454 e. The van der Waals surface area contributed by atoms with Gasteiger partial charge in [0.05, 0.1) is 6.61 Å². The Morgan fingerprint density at radius 1 is 1.38 bits per heavy atom. The Morgan fingerprint density at radius 2 is 2.25 bits per heavy atom. The minimum atomic E-state index is -0.0830. The number of hydrogen-bond acceptors (Lipinski definition) is 4. The van der Waals surface area contributed by atoms with Crippen LogP contribution in [0.1, 0.15) is 24.2 Å². The van der Waals surface area contributed by atoms with E-state index >= 15 is 0 Å². The third kappa shape index (κ3) is 1.37. The standard InChI is InChI=1S/C12H15NO3/c1-7(13)11-10-8(4-5-14-11)2-3-9-12(10)16-6-15-9/h2-3,7,11H,4-6,13H2,1H3/t7-,11+/m0/s1. The van der Waals surface area contributed by atoms with Gasteiger partial charge < -0.3 is 19.9 Å². The number of fused-ring (bicyclic) bond motifs is 3. The molecule has 1 aromatic carbocycles. The summed E-state index contributed by atoms with van der Waals surface area (Å²) in [5, 5.41) is 0. The molecule has 3 rings (SSSR count). The third-order valence-electron chi connectivity index (χ3n) is 3.10. The van der Waals surface area contributed by atoms with Crippen LogP contribution >= 0.6 is 0 Å². The molecule has 2 aliphatic rings. The van der Waals surface area contributed by atoms with E-state index in [9.17, 15) is 0 Å². The molecule has 4 nitrogen and oxygen atoms in total. The summed E-state index contributed by atoms with van der Waals surface area (Å²) >= 11 is 0. The second-order valence-corrected chi connectivity index (χ2v) is 4.27. The number of ether oxygens (including phenoxy) is 3. The lowest BCUT2D eigenvalue weighted by Gasteiger charge is -2.29. The predicted molar refractivity (Wildman–Crippen MR) is 58.6 cm³/mol. The van der Waals surface area contributed by atoms with Crippen LogP contribution in [0.5, 0.6) is 11.5 Å². The lowest BCUT2D eigenvalue weighted by atomic mass is 9.93. The third-order valence-corrected chi connectivity index (χ3v) is 3.10. The van der Waals surface area contributed by atoms with E-state index in [-0.39, 0.29) is 18.9 Å². The van der Waals surface area contributed by atoms with Crippen LogP contribution in [-0.2, 0) is 11.2 Å². The van der Waals surface area contributed by atoms with Crippen molar-refractivity contribution in [3.63, 3.8) is 0 Å². The van der Waals surface area contributed by atoms with Crippen molar-refractivity contribution in [3.05, 3.63) is 23.3 Å². The molecule has 0 spiro atoms. The molecule has 1 aromatic rings. The summed E-state index contributed by atoms with van der Waals surface area (Å²) in [5.74, 6) is 1.62. The van der Waals surface area contributed by atoms with Crippen molar-refractivity contribution < 1.29 is 14.2 Å². The zero-order valence-corrected chi connectivity index (χ0v) is 9.23. The van der Waals surface area contributed by atoms with E-state index in [0.717, 1.165) is 30.1 Å². The van der Waals surface area contributed by atoms with Crippen LogP contribution in [-0.4, -0.2) is 19.4 Å². The van der Waals surface area contributed by atoms with E-state index in [1.165, 1.54) is 5.56 Å². The highest BCUT2D eigenvalue weighted by Crippen LogP contribution is 2.44. The molecule has 0 saturated heterocycles. The van der Waals surface area contributed by atoms with Gasteiger partial charge in [-0.25, -0.2) is 0 Å². The highest BCUT2D eigenvalue weighted by Gasteiger charge is 2.31. The highest BCUT2D eigenvalue weighted by atomic mass is 16.7. The largest absolute Gasteiger partial charge is 0.454 e. The Hall–Kier alpha value is -1.26. The van der Waals surface area contributed by atoms with Crippen LogP contribution in [0.4, 0.5) is 0 Å². The smallest absolute Gasteiger partial charge is 0.231 e. The summed E-state index contributed by atoms with van der Waals surface area (Å²) in [6, 6.07) is 4.00. The van der Waals surface area contributed by atoms with Gasteiger partial charge in [0.15, 0.2) is 11.5 Å². The van der Waals surface area contributed by atoms with E-state index in [2.05, 4.69) is 6.07 Å². The molecule has 16 heavy (non-hydrogen) atoms. The molecule has 2 aliphatic heterocycles. The molecule has 0 bridgehead atoms. The number of nitrogens with two attached hydrogens (primary N) is 1. The van der Waals surface area contributed by atoms with Gasteiger partial charge in [0.1, 0.15) is 6.10 Å². The number of benzene rings is 1. The van der Waals surface area contributed by atoms with Gasteiger partial charge in [-0.3, -0.25) is 0 Å². The van der Waals surface area contributed by atoms with Crippen molar-refractivity contribution in [2.24, 2.45) is 5.73 Å². The van der Waals surface area contributed by atoms with Crippen LogP contribution in [0.3, 0.4) is 0 Å². The first kappa shape index (κ1) is 9.93. The first-order valence-electron chi connectivity index (χ1n) is 5.56. The monoisotopic (exact) mass is 221 g/mol. The van der Waals surface area contributed by atoms with Crippen molar-refractivity contribution in [2.45, 2.75) is 25.5 Å². The first-order valence-corrected chi connectivity index (χ1v) is 5.56. The van der Waals surface area contributed by atoms with Gasteiger partial charge in [0.25, 0.3) is 0 Å². The maximum absolute atomic E-state index is 5.95. The predicted octanol–water partition coefficient (Wildman–Crippen LogP) is 1.38. The van der Waals surface area contributed by atoms with Crippen molar-refractivity contribution in [3.8, 4) is 11.5 Å². The highest BCUT2D eigenvalue weighted by molar-refractivity contribution is 5.54. The Morgan fingerprint density at radius 3 is 3.06 bits per heavy atom. The number of rotatable bonds is 1. The molecular weight excluding hydrogens is 206 g/mol. The molecule has 0 aromatic heterocycles. The molecular formula is C12H15NO3. The fraction of sp³-hybridized carbons (Fsp3) is 0.500. The maximum atomic E-state index is 5.95. The average molecular weight is 221 g/mol. The van der Waals surface area contributed by atoms with E-state index in [0.29, 0.717) is 0 Å². The zero-order valence-electron chi connectivity index (χ0n) is 9.23. The van der Waals surface area contributed by atoms with Crippen LogP contribution < -0.4 is 15.2 Å². The summed E-state index contributed by atoms with van der Waals surface area (Å²) in [7, 11) is 0. The Kier molecular flexibility index (Phi) is 2.26. The van der Waals surface area contributed by atoms with Crippen LogP contribution in [0.25, 0.3) is 0 Å². The van der Waals surface area contributed by atoms with Gasteiger partial charge in [-0.15, -0.1) is 0 Å². The normalized spacial score (nSPS) is 24.0. The second-order valence-electron chi connectivity index (χ2n) is 4.27. The summed E-state index contributed by atoms with van der Waals surface area (Å²) in [6.45, 7) is 2.96. The zero-order chi connectivity index (χ0) is 11.1. The quantitative estimate of drug-likeness (QED) is 0.778. The maximum Gasteiger partial charge on any atom is 0.231 e. The van der Waals surface area contributed by atoms with Crippen molar-refractivity contribution in [1.29, 1.82) is 0 Å². The topological polar surface area (TPSA) is 53.7 Å². The van der Waals surface area contributed by atoms with Crippen LogP contribution in [0.15, 0.2) is 12.1 Å². The minimum absolute atomic E-state index is 0.0465. The Labute approximate surface area is 94.3 Å². The number of hydrogen-bond donors (Lipinski definition) is 1. The fourth-order valence-corrected chi connectivity index (χ4v) is 2.36. The Bertz CT molecular complexity index is 417. The van der Waals surface area contributed by atoms with Gasteiger partial charge in [-0.2, -0.15) is 0 Å². The molecule has 0 fully saturated rings. The molecule has 86 valence electrons. The first-order chi connectivity index (χ1) is 7.77. The van der Waals surface area contributed by atoms with Crippen molar-refractivity contribution >= 4 is 0 Å². The summed E-state index contributed by atoms with van der Waals surface area (Å²) < 4.78 is 16.6. The van der Waals surface area contributed by atoms with Gasteiger partial charge in [0.2, 0.25) is 6.79 Å². The van der Waals surface area contributed by atoms with E-state index in [4.69, 9.17) is 19.9 Å². The molecule has 0 unspecified atom stereocenters. The van der Waals surface area contributed by atoms with Crippen molar-refractivity contribution in [2.75, 3.05) is 13.4 Å². The average Bonchev–Trinajstić information content (AvgIpc) is 2.76. The van der Waals surface area contributed by atoms with Gasteiger partial charge in [-0.1, -0.05) is 6.07 Å². The van der Waals surface area contributed by atoms with E-state index < -0.39 is 0 Å². The van der Waals surface area contributed by atoms with E-state index in [1.54, 1.807) is 0 Å². The molecule has 4 heteroatoms. The Balaban J connectivity index is 2.13. The molecule has 0 saturated carbocycles. The molecule has 2 atom stereocenters. The summed E-state index contributed by atoms with van der Waals surface area (Å²) in [4.78, 5) is 0. The van der Waals surface area contributed by atoms with Crippen LogP contribution in [0.2, 0.25) is 0 Å². The lowest BCUT2D eigenvalue weighted by Crippen LogP contribution is -2.31. The SMILES string of the molecule is C[C@H](N)[C@H]1OCCc2ccc3c(c21)OCO3. The summed E-state index contributed by atoms with van der Waals surface area (Å²) in [6.07, 6.45) is 0.829. The van der Waals surface area contributed by atoms with Gasteiger partial charge >= 0.3 is 0 Å². The second kappa shape index (κ2) is 3.64. The fourth-order valence-electron chi connectivity index (χ4n) is 2.36.